The first kappa shape index (κ1) is 3.72. The molecule has 0 aromatic rings. The summed E-state index contributed by atoms with van der Waals surface area (Å²) in [4.78, 5) is 0. The van der Waals surface area contributed by atoms with E-state index in [1.165, 1.54) is 0 Å². The summed E-state index contributed by atoms with van der Waals surface area (Å²) in [5.41, 5.74) is 0. The zero-order valence-corrected chi connectivity index (χ0v) is 3.77. The van der Waals surface area contributed by atoms with Gasteiger partial charge in [-0.15, -0.1) is 0 Å². The largest absolute Gasteiger partial charge is 0.491 e. The second-order valence-electron chi connectivity index (χ2n) is 1.33. The molecule has 1 heterocycles. The van der Waals surface area contributed by atoms with Gasteiger partial charge in [-0.2, -0.15) is 0 Å². The zero-order chi connectivity index (χ0) is 4.41. The highest BCUT2D eigenvalue weighted by Gasteiger charge is 1.95. The second kappa shape index (κ2) is 1.33. The van der Waals surface area contributed by atoms with Gasteiger partial charge in [0.05, 0.1) is 5.76 Å². The van der Waals surface area contributed by atoms with Crippen LogP contribution in [0.4, 0.5) is 0 Å². The van der Waals surface area contributed by atoms with Gasteiger partial charge in [-0.05, 0) is 13.0 Å². The quantitative estimate of drug-likeness (QED) is 0.431. The maximum absolute atomic E-state index is 4.89. The topological polar surface area (TPSA) is 9.23 Å². The van der Waals surface area contributed by atoms with Crippen LogP contribution in [-0.4, -0.2) is 0 Å². The van der Waals surface area contributed by atoms with Crippen LogP contribution >= 0.6 is 0 Å². The van der Waals surface area contributed by atoms with Crippen molar-refractivity contribution in [2.75, 3.05) is 0 Å². The average Bonchev–Trinajstić information content (AvgIpc) is 1.86. The van der Waals surface area contributed by atoms with Crippen LogP contribution in [0.5, 0.6) is 0 Å². The molecule has 0 saturated heterocycles. The summed E-state index contributed by atoms with van der Waals surface area (Å²) in [6.45, 7) is 3.73. The Morgan fingerprint density at radius 1 is 1.83 bits per heavy atom. The van der Waals surface area contributed by atoms with Gasteiger partial charge in [-0.3, -0.25) is 0 Å². The van der Waals surface area contributed by atoms with Gasteiger partial charge in [-0.25, -0.2) is 0 Å². The molecule has 0 aromatic carbocycles. The predicted octanol–water partition coefficient (Wildman–Crippen LogP) is 1.47. The van der Waals surface area contributed by atoms with E-state index in [1.54, 1.807) is 6.61 Å². The summed E-state index contributed by atoms with van der Waals surface area (Å²) in [6, 6.07) is 0. The van der Waals surface area contributed by atoms with Crippen molar-refractivity contribution >= 4 is 0 Å². The summed E-state index contributed by atoms with van der Waals surface area (Å²) in [6.07, 6.45) is 3.02. The summed E-state index contributed by atoms with van der Waals surface area (Å²) in [5, 5.41) is 0. The molecule has 0 N–H and O–H groups in total. The molecule has 0 saturated carbocycles. The third-order valence-corrected chi connectivity index (χ3v) is 0.771. The molecule has 6 heavy (non-hydrogen) atoms. The predicted molar refractivity (Wildman–Crippen MR) is 23.8 cm³/mol. The Balaban J connectivity index is 2.45. The van der Waals surface area contributed by atoms with E-state index < -0.39 is 0 Å². The Morgan fingerprint density at radius 2 is 2.67 bits per heavy atom. The van der Waals surface area contributed by atoms with Crippen molar-refractivity contribution in [2.24, 2.45) is 0 Å². The van der Waals surface area contributed by atoms with Crippen LogP contribution in [0, 0.1) is 6.61 Å². The summed E-state index contributed by atoms with van der Waals surface area (Å²) in [5.74, 6) is 1.02. The fourth-order valence-electron chi connectivity index (χ4n) is 0.442. The van der Waals surface area contributed by atoms with Crippen molar-refractivity contribution in [1.82, 2.24) is 0 Å². The normalized spacial score (nSPS) is 19.8. The van der Waals surface area contributed by atoms with Gasteiger partial charge in [0.1, 0.15) is 6.61 Å². The molecule has 0 aromatic heterocycles. The fraction of sp³-hybridized carbons (Fsp3) is 0.400. The first-order valence-corrected chi connectivity index (χ1v) is 2.04. The second-order valence-corrected chi connectivity index (χ2v) is 1.33. The van der Waals surface area contributed by atoms with Crippen molar-refractivity contribution in [3.63, 3.8) is 0 Å². The molecule has 0 unspecified atom stereocenters. The number of rotatable bonds is 0. The van der Waals surface area contributed by atoms with E-state index >= 15 is 0 Å². The maximum Gasteiger partial charge on any atom is 0.139 e. The summed E-state index contributed by atoms with van der Waals surface area (Å²) >= 11 is 0. The van der Waals surface area contributed by atoms with E-state index in [4.69, 9.17) is 4.74 Å². The molecule has 33 valence electrons. The highest BCUT2D eigenvalue weighted by molar-refractivity contribution is 4.97. The lowest BCUT2D eigenvalue weighted by Crippen LogP contribution is -1.68. The minimum atomic E-state index is 0.978. The Morgan fingerprint density at radius 3 is 2.83 bits per heavy atom. The molecular weight excluding hydrogens is 76.1 g/mol. The summed E-state index contributed by atoms with van der Waals surface area (Å²) in [7, 11) is 0. The van der Waals surface area contributed by atoms with Crippen molar-refractivity contribution in [2.45, 2.75) is 13.3 Å². The van der Waals surface area contributed by atoms with E-state index in [0.29, 0.717) is 0 Å². The van der Waals surface area contributed by atoms with Gasteiger partial charge in [0.2, 0.25) is 0 Å². The number of hydrogen-bond donors (Lipinski definition) is 0. The molecule has 0 aliphatic carbocycles. The van der Waals surface area contributed by atoms with Crippen molar-refractivity contribution in [3.8, 4) is 0 Å². The standard InChI is InChI=1S/C5H7O/c1-5-3-2-4-6-5/h3-4H,2H2,1H3. The molecule has 0 bridgehead atoms. The van der Waals surface area contributed by atoms with Crippen molar-refractivity contribution in [1.29, 1.82) is 0 Å². The van der Waals surface area contributed by atoms with Gasteiger partial charge in [-0.1, -0.05) is 0 Å². The number of allylic oxidation sites excluding steroid dienone is 1. The Labute approximate surface area is 37.6 Å². The third kappa shape index (κ3) is 0.534. The number of ether oxygens (including phenoxy) is 1. The minimum absolute atomic E-state index is 0.978. The first-order chi connectivity index (χ1) is 2.89. The lowest BCUT2D eigenvalue weighted by Gasteiger charge is -1.88. The lowest BCUT2D eigenvalue weighted by molar-refractivity contribution is 0.314. The van der Waals surface area contributed by atoms with E-state index in [2.05, 4.69) is 0 Å². The minimum Gasteiger partial charge on any atom is -0.491 e. The van der Waals surface area contributed by atoms with E-state index in [0.717, 1.165) is 12.2 Å². The van der Waals surface area contributed by atoms with Crippen LogP contribution in [-0.2, 0) is 4.74 Å². The van der Waals surface area contributed by atoms with Gasteiger partial charge < -0.3 is 4.74 Å². The molecule has 1 nitrogen and oxygen atoms in total. The fourth-order valence-corrected chi connectivity index (χ4v) is 0.442. The third-order valence-electron chi connectivity index (χ3n) is 0.771. The smallest absolute Gasteiger partial charge is 0.139 e. The molecule has 1 rings (SSSR count). The Bertz CT molecular complexity index is 74.0. The van der Waals surface area contributed by atoms with Crippen LogP contribution in [0.3, 0.4) is 0 Å². The van der Waals surface area contributed by atoms with Crippen LogP contribution < -0.4 is 0 Å². The van der Waals surface area contributed by atoms with Crippen LogP contribution in [0.2, 0.25) is 0 Å². The van der Waals surface area contributed by atoms with Crippen molar-refractivity contribution in [3.05, 3.63) is 18.4 Å². The van der Waals surface area contributed by atoms with E-state index in [1.807, 2.05) is 13.0 Å². The average molecular weight is 83.1 g/mol. The molecule has 1 heteroatoms. The van der Waals surface area contributed by atoms with Gasteiger partial charge >= 0.3 is 0 Å². The van der Waals surface area contributed by atoms with Gasteiger partial charge in [0.25, 0.3) is 0 Å². The molecule has 0 fully saturated rings. The molecule has 1 aliphatic heterocycles. The Kier molecular flexibility index (Phi) is 0.825. The van der Waals surface area contributed by atoms with Crippen LogP contribution in [0.15, 0.2) is 11.8 Å². The molecule has 0 spiro atoms. The maximum atomic E-state index is 4.89. The molecular formula is C5H7O. The zero-order valence-electron chi connectivity index (χ0n) is 3.77. The highest BCUT2D eigenvalue weighted by Crippen LogP contribution is 2.09. The lowest BCUT2D eigenvalue weighted by atomic mass is 10.4. The molecule has 1 aliphatic rings. The van der Waals surface area contributed by atoms with Crippen LogP contribution in [0.1, 0.15) is 13.3 Å². The molecule has 0 amide bonds. The first-order valence-electron chi connectivity index (χ1n) is 2.04. The van der Waals surface area contributed by atoms with E-state index in [9.17, 15) is 0 Å². The van der Waals surface area contributed by atoms with E-state index in [-0.39, 0.29) is 0 Å². The number of hydrogen-bond acceptors (Lipinski definition) is 1. The van der Waals surface area contributed by atoms with Gasteiger partial charge in [0, 0.05) is 6.42 Å². The van der Waals surface area contributed by atoms with Gasteiger partial charge in [0.15, 0.2) is 0 Å². The Hall–Kier alpha value is -0.460. The summed E-state index contributed by atoms with van der Waals surface area (Å²) < 4.78 is 4.89. The van der Waals surface area contributed by atoms with Crippen LogP contribution in [0.25, 0.3) is 0 Å². The molecule has 0 atom stereocenters. The highest BCUT2D eigenvalue weighted by atomic mass is 16.5. The SMILES string of the molecule is CC1=CC[CH]O1. The monoisotopic (exact) mass is 83.0 g/mol. The van der Waals surface area contributed by atoms with Crippen molar-refractivity contribution < 1.29 is 4.74 Å². The molecule has 1 radical (unpaired) electrons.